The number of fused-ring (bicyclic) bond motifs is 1. The first-order valence-electron chi connectivity index (χ1n) is 10.3. The van der Waals surface area contributed by atoms with E-state index in [1.54, 1.807) is 0 Å². The first kappa shape index (κ1) is 19.3. The molecular formula is C22H29N3O3. The van der Waals surface area contributed by atoms with Gasteiger partial charge in [-0.15, -0.1) is 0 Å². The number of aromatic nitrogens is 1. The highest BCUT2D eigenvalue weighted by Crippen LogP contribution is 2.38. The van der Waals surface area contributed by atoms with Gasteiger partial charge >= 0.3 is 0 Å². The van der Waals surface area contributed by atoms with Crippen molar-refractivity contribution in [2.24, 2.45) is 5.92 Å². The number of hydrogen-bond acceptors (Lipinski definition) is 5. The minimum Gasteiger partial charge on any atom is -0.393 e. The van der Waals surface area contributed by atoms with Gasteiger partial charge in [-0.1, -0.05) is 18.2 Å². The number of benzene rings is 1. The van der Waals surface area contributed by atoms with E-state index >= 15 is 0 Å². The van der Waals surface area contributed by atoms with Crippen LogP contribution < -0.4 is 5.32 Å². The van der Waals surface area contributed by atoms with Gasteiger partial charge in [0.1, 0.15) is 0 Å². The Morgan fingerprint density at radius 2 is 2.07 bits per heavy atom. The third-order valence-electron chi connectivity index (χ3n) is 5.89. The zero-order chi connectivity index (χ0) is 19.3. The monoisotopic (exact) mass is 383 g/mol. The molecule has 28 heavy (non-hydrogen) atoms. The normalized spacial score (nSPS) is 23.9. The Balaban J connectivity index is 1.38. The number of pyridine rings is 1. The molecule has 1 aromatic carbocycles. The fourth-order valence-electron chi connectivity index (χ4n) is 4.17. The number of aliphatic hydroxyl groups is 1. The summed E-state index contributed by atoms with van der Waals surface area (Å²) in [4.78, 5) is 19.5. The molecule has 1 aliphatic heterocycles. The lowest BCUT2D eigenvalue weighted by atomic mass is 9.75. The minimum atomic E-state index is -0.251. The molecule has 1 aliphatic carbocycles. The topological polar surface area (TPSA) is 74.7 Å². The highest BCUT2D eigenvalue weighted by molar-refractivity contribution is 5.80. The van der Waals surface area contributed by atoms with Gasteiger partial charge in [-0.25, -0.2) is 0 Å². The van der Waals surface area contributed by atoms with Crippen LogP contribution in [-0.4, -0.2) is 59.8 Å². The summed E-state index contributed by atoms with van der Waals surface area (Å²) in [6.07, 6.45) is 4.44. The average molecular weight is 383 g/mol. The van der Waals surface area contributed by atoms with Gasteiger partial charge in [0.05, 0.1) is 30.9 Å². The van der Waals surface area contributed by atoms with Crippen molar-refractivity contribution in [3.8, 4) is 0 Å². The number of ether oxygens (including phenoxy) is 1. The molecule has 2 N–H and O–H groups in total. The lowest BCUT2D eigenvalue weighted by Gasteiger charge is -2.38. The molecule has 0 radical (unpaired) electrons. The van der Waals surface area contributed by atoms with Crippen molar-refractivity contribution in [3.63, 3.8) is 0 Å². The molecule has 0 spiro atoms. The largest absolute Gasteiger partial charge is 0.393 e. The summed E-state index contributed by atoms with van der Waals surface area (Å²) in [7, 11) is 0. The molecule has 1 saturated carbocycles. The number of morpholine rings is 1. The van der Waals surface area contributed by atoms with Gasteiger partial charge in [-0.05, 0) is 49.4 Å². The Bertz CT molecular complexity index is 800. The summed E-state index contributed by atoms with van der Waals surface area (Å²) in [5.41, 5.74) is 1.98. The van der Waals surface area contributed by atoms with Gasteiger partial charge in [0.15, 0.2) is 0 Å². The number of hydrogen-bond donors (Lipinski definition) is 2. The number of amides is 1. The number of rotatable bonds is 7. The maximum atomic E-state index is 12.6. The molecule has 1 aromatic heterocycles. The molecule has 2 heterocycles. The Labute approximate surface area is 165 Å². The highest BCUT2D eigenvalue weighted by atomic mass is 16.5. The van der Waals surface area contributed by atoms with Gasteiger partial charge in [0.25, 0.3) is 0 Å². The second-order valence-electron chi connectivity index (χ2n) is 7.95. The third-order valence-corrected chi connectivity index (χ3v) is 5.89. The lowest BCUT2D eigenvalue weighted by molar-refractivity contribution is -0.123. The van der Waals surface area contributed by atoms with E-state index in [1.807, 2.05) is 30.5 Å². The number of carbonyl (C=O) groups is 1. The van der Waals surface area contributed by atoms with Crippen LogP contribution in [-0.2, 0) is 9.53 Å². The van der Waals surface area contributed by atoms with Crippen molar-refractivity contribution in [3.05, 3.63) is 42.1 Å². The van der Waals surface area contributed by atoms with Crippen LogP contribution in [0.2, 0.25) is 0 Å². The van der Waals surface area contributed by atoms with Crippen LogP contribution in [0.15, 0.2) is 36.5 Å². The highest BCUT2D eigenvalue weighted by Gasteiger charge is 2.35. The number of carbonyl (C=O) groups excluding carboxylic acids is 1. The van der Waals surface area contributed by atoms with Gasteiger partial charge in [-0.2, -0.15) is 0 Å². The number of para-hydroxylation sites is 1. The van der Waals surface area contributed by atoms with E-state index in [4.69, 9.17) is 4.74 Å². The fourth-order valence-corrected chi connectivity index (χ4v) is 4.17. The standard InChI is InChI=1S/C22H29N3O3/c26-19-13-17(14-19)22(18-12-16-4-1-2-5-20(16)23-15-18)24-21(27)6-3-7-25-8-10-28-11-9-25/h1-2,4-5,12,15,17,19,22,26H,3,6-11,13-14H2,(H,24,27)/t17?,19?,22-/m1/s1. The maximum Gasteiger partial charge on any atom is 0.220 e. The first-order valence-corrected chi connectivity index (χ1v) is 10.3. The van der Waals surface area contributed by atoms with Crippen molar-refractivity contribution in [2.75, 3.05) is 32.8 Å². The van der Waals surface area contributed by atoms with Crippen LogP contribution in [0.5, 0.6) is 0 Å². The van der Waals surface area contributed by atoms with Crippen LogP contribution in [0.25, 0.3) is 10.9 Å². The first-order chi connectivity index (χ1) is 13.7. The second kappa shape index (κ2) is 8.99. The molecule has 150 valence electrons. The molecule has 0 unspecified atom stereocenters. The Morgan fingerprint density at radius 3 is 2.86 bits per heavy atom. The molecule has 6 heteroatoms. The van der Waals surface area contributed by atoms with Crippen molar-refractivity contribution in [2.45, 2.75) is 37.8 Å². The summed E-state index contributed by atoms with van der Waals surface area (Å²) in [6, 6.07) is 10.0. The van der Waals surface area contributed by atoms with Gasteiger partial charge in [0, 0.05) is 31.1 Å². The van der Waals surface area contributed by atoms with E-state index in [0.717, 1.165) is 68.6 Å². The Kier molecular flexibility index (Phi) is 6.20. The third kappa shape index (κ3) is 4.69. The molecule has 2 aromatic rings. The van der Waals surface area contributed by atoms with E-state index in [0.29, 0.717) is 6.42 Å². The summed E-state index contributed by atoms with van der Waals surface area (Å²) < 4.78 is 5.37. The summed E-state index contributed by atoms with van der Waals surface area (Å²) >= 11 is 0. The van der Waals surface area contributed by atoms with E-state index in [1.165, 1.54) is 0 Å². The molecule has 1 saturated heterocycles. The molecule has 1 amide bonds. The lowest BCUT2D eigenvalue weighted by Crippen LogP contribution is -2.42. The number of aliphatic hydroxyl groups excluding tert-OH is 1. The summed E-state index contributed by atoms with van der Waals surface area (Å²) in [5.74, 6) is 0.342. The zero-order valence-electron chi connectivity index (χ0n) is 16.2. The van der Waals surface area contributed by atoms with Crippen molar-refractivity contribution in [1.82, 2.24) is 15.2 Å². The van der Waals surface area contributed by atoms with E-state index < -0.39 is 0 Å². The molecule has 6 nitrogen and oxygen atoms in total. The van der Waals surface area contributed by atoms with E-state index in [2.05, 4.69) is 21.3 Å². The summed E-state index contributed by atoms with van der Waals surface area (Å²) in [5, 5.41) is 14.1. The fraction of sp³-hybridized carbons (Fsp3) is 0.545. The molecule has 2 aliphatic rings. The maximum absolute atomic E-state index is 12.6. The van der Waals surface area contributed by atoms with Crippen LogP contribution in [0.1, 0.15) is 37.3 Å². The SMILES string of the molecule is O=C(CCCN1CCOCC1)N[C@@H](c1cnc2ccccc2c1)C1CC(O)C1. The molecule has 0 bridgehead atoms. The van der Waals surface area contributed by atoms with Crippen LogP contribution in [0.4, 0.5) is 0 Å². The van der Waals surface area contributed by atoms with Crippen molar-refractivity contribution in [1.29, 1.82) is 0 Å². The Hall–Kier alpha value is -2.02. The minimum absolute atomic E-state index is 0.0767. The van der Waals surface area contributed by atoms with Crippen molar-refractivity contribution < 1.29 is 14.6 Å². The second-order valence-corrected chi connectivity index (χ2v) is 7.95. The zero-order valence-corrected chi connectivity index (χ0v) is 16.2. The molecule has 1 atom stereocenters. The van der Waals surface area contributed by atoms with Crippen LogP contribution in [0.3, 0.4) is 0 Å². The van der Waals surface area contributed by atoms with Crippen LogP contribution in [0, 0.1) is 5.92 Å². The Morgan fingerprint density at radius 1 is 1.29 bits per heavy atom. The van der Waals surface area contributed by atoms with Crippen molar-refractivity contribution >= 4 is 16.8 Å². The van der Waals surface area contributed by atoms with Gasteiger partial charge in [-0.3, -0.25) is 14.7 Å². The molecule has 2 fully saturated rings. The van der Waals surface area contributed by atoms with Gasteiger partial charge < -0.3 is 15.2 Å². The number of nitrogens with zero attached hydrogens (tertiary/aromatic N) is 2. The predicted molar refractivity (Wildman–Crippen MR) is 108 cm³/mol. The van der Waals surface area contributed by atoms with E-state index in [-0.39, 0.29) is 24.0 Å². The van der Waals surface area contributed by atoms with Crippen LogP contribution >= 0.6 is 0 Å². The summed E-state index contributed by atoms with van der Waals surface area (Å²) in [6.45, 7) is 4.40. The average Bonchev–Trinajstić information content (AvgIpc) is 2.70. The molecular weight excluding hydrogens is 354 g/mol. The predicted octanol–water partition coefficient (Wildman–Crippen LogP) is 2.28. The van der Waals surface area contributed by atoms with Gasteiger partial charge in [0.2, 0.25) is 5.91 Å². The molecule has 4 rings (SSSR count). The smallest absolute Gasteiger partial charge is 0.220 e. The quantitative estimate of drug-likeness (QED) is 0.767. The van der Waals surface area contributed by atoms with E-state index in [9.17, 15) is 9.90 Å². The number of nitrogens with one attached hydrogen (secondary N) is 1.